The Bertz CT molecular complexity index is 1650. The van der Waals surface area contributed by atoms with Gasteiger partial charge in [-0.05, 0) is 40.5 Å². The topological polar surface area (TPSA) is 38.7 Å². The highest BCUT2D eigenvalue weighted by atomic mass is 35.5. The Morgan fingerprint density at radius 2 is 0.703 bits per heavy atom. The summed E-state index contributed by atoms with van der Waals surface area (Å²) in [6.45, 7) is 0. The van der Waals surface area contributed by atoms with Crippen molar-refractivity contribution in [3.05, 3.63) is 138 Å². The van der Waals surface area contributed by atoms with Gasteiger partial charge in [0.2, 0.25) is 0 Å². The Morgan fingerprint density at radius 1 is 0.324 bits per heavy atom. The van der Waals surface area contributed by atoms with Crippen LogP contribution in [0.5, 0.6) is 0 Å². The number of rotatable bonds is 5. The molecule has 0 bridgehead atoms. The molecule has 0 aliphatic carbocycles. The predicted octanol–water partition coefficient (Wildman–Crippen LogP) is 8.86. The molecule has 0 unspecified atom stereocenters. The van der Waals surface area contributed by atoms with E-state index in [0.717, 1.165) is 33.4 Å². The van der Waals surface area contributed by atoms with E-state index in [2.05, 4.69) is 48.5 Å². The lowest BCUT2D eigenvalue weighted by molar-refractivity contribution is 1.07. The highest BCUT2D eigenvalue weighted by molar-refractivity contribution is 6.30. The maximum absolute atomic E-state index is 6.10. The number of benzene rings is 5. The fourth-order valence-electron chi connectivity index (χ4n) is 4.27. The summed E-state index contributed by atoms with van der Waals surface area (Å²) in [5.74, 6) is 1.91. The van der Waals surface area contributed by atoms with Gasteiger partial charge < -0.3 is 0 Å². The van der Waals surface area contributed by atoms with Gasteiger partial charge >= 0.3 is 0 Å². The van der Waals surface area contributed by atoms with E-state index < -0.39 is 0 Å². The summed E-state index contributed by atoms with van der Waals surface area (Å²) in [5, 5.41) is 0.716. The lowest BCUT2D eigenvalue weighted by Gasteiger charge is -2.10. The molecule has 0 N–H and O–H groups in total. The van der Waals surface area contributed by atoms with Crippen molar-refractivity contribution < 1.29 is 0 Å². The van der Waals surface area contributed by atoms with Crippen molar-refractivity contribution in [2.75, 3.05) is 0 Å². The molecule has 6 aromatic rings. The van der Waals surface area contributed by atoms with Crippen LogP contribution in [0.2, 0.25) is 5.02 Å². The van der Waals surface area contributed by atoms with Crippen LogP contribution in [0.1, 0.15) is 0 Å². The maximum atomic E-state index is 6.10. The van der Waals surface area contributed by atoms with Gasteiger partial charge in [-0.1, -0.05) is 127 Å². The van der Waals surface area contributed by atoms with E-state index in [-0.39, 0.29) is 0 Å². The summed E-state index contributed by atoms with van der Waals surface area (Å²) in [6, 6.07) is 44.8. The summed E-state index contributed by atoms with van der Waals surface area (Å²) in [7, 11) is 0. The summed E-state index contributed by atoms with van der Waals surface area (Å²) >= 11 is 6.10. The van der Waals surface area contributed by atoms with Crippen LogP contribution in [-0.4, -0.2) is 15.0 Å². The van der Waals surface area contributed by atoms with Gasteiger partial charge in [-0.2, -0.15) is 0 Å². The van der Waals surface area contributed by atoms with Gasteiger partial charge in [-0.25, -0.2) is 15.0 Å². The average molecular weight is 496 g/mol. The second kappa shape index (κ2) is 10.2. The third-order valence-electron chi connectivity index (χ3n) is 6.22. The normalized spacial score (nSPS) is 10.8. The summed E-state index contributed by atoms with van der Waals surface area (Å²) in [4.78, 5) is 14.6. The van der Waals surface area contributed by atoms with E-state index in [0.29, 0.717) is 22.5 Å². The lowest BCUT2D eigenvalue weighted by Crippen LogP contribution is -2.00. The molecule has 37 heavy (non-hydrogen) atoms. The minimum atomic E-state index is 0.631. The smallest absolute Gasteiger partial charge is 0.164 e. The van der Waals surface area contributed by atoms with E-state index in [9.17, 15) is 0 Å². The van der Waals surface area contributed by atoms with Crippen LogP contribution >= 0.6 is 11.6 Å². The maximum Gasteiger partial charge on any atom is 0.164 e. The fourth-order valence-corrected chi connectivity index (χ4v) is 4.40. The zero-order chi connectivity index (χ0) is 25.0. The van der Waals surface area contributed by atoms with Gasteiger partial charge in [0.15, 0.2) is 17.5 Å². The Labute approximate surface area is 221 Å². The second-order valence-electron chi connectivity index (χ2n) is 8.70. The van der Waals surface area contributed by atoms with Crippen molar-refractivity contribution in [2.24, 2.45) is 0 Å². The number of hydrogen-bond acceptors (Lipinski definition) is 3. The van der Waals surface area contributed by atoms with Gasteiger partial charge in [0.25, 0.3) is 0 Å². The molecule has 6 rings (SSSR count). The molecule has 0 aliphatic rings. The molecule has 0 atom stereocenters. The van der Waals surface area contributed by atoms with Crippen LogP contribution in [0.4, 0.5) is 0 Å². The third-order valence-corrected chi connectivity index (χ3v) is 6.47. The minimum Gasteiger partial charge on any atom is -0.208 e. The Hall–Kier alpha value is -4.60. The molecule has 0 spiro atoms. The molecule has 0 fully saturated rings. The zero-order valence-electron chi connectivity index (χ0n) is 19.9. The van der Waals surface area contributed by atoms with E-state index in [4.69, 9.17) is 26.6 Å². The van der Waals surface area contributed by atoms with Gasteiger partial charge in [0.05, 0.1) is 0 Å². The van der Waals surface area contributed by atoms with Gasteiger partial charge in [0, 0.05) is 21.7 Å². The Kier molecular flexibility index (Phi) is 6.28. The van der Waals surface area contributed by atoms with Crippen molar-refractivity contribution in [2.45, 2.75) is 0 Å². The molecule has 0 aliphatic heterocycles. The molecule has 0 radical (unpaired) electrons. The summed E-state index contributed by atoms with van der Waals surface area (Å²) in [5.41, 5.74) is 7.29. The minimum absolute atomic E-state index is 0.631. The summed E-state index contributed by atoms with van der Waals surface area (Å²) < 4.78 is 0. The number of halogens is 1. The van der Waals surface area contributed by atoms with E-state index >= 15 is 0 Å². The van der Waals surface area contributed by atoms with Crippen LogP contribution in [-0.2, 0) is 0 Å². The fraction of sp³-hybridized carbons (Fsp3) is 0. The Balaban J connectivity index is 1.44. The third kappa shape index (κ3) is 5.04. The van der Waals surface area contributed by atoms with Crippen molar-refractivity contribution >= 4 is 11.6 Å². The molecule has 0 amide bonds. The number of nitrogens with zero attached hydrogens (tertiary/aromatic N) is 3. The van der Waals surface area contributed by atoms with Gasteiger partial charge in [-0.15, -0.1) is 0 Å². The highest BCUT2D eigenvalue weighted by Gasteiger charge is 2.13. The zero-order valence-corrected chi connectivity index (χ0v) is 20.7. The molecule has 5 aromatic carbocycles. The van der Waals surface area contributed by atoms with Crippen molar-refractivity contribution in [3.63, 3.8) is 0 Å². The summed E-state index contributed by atoms with van der Waals surface area (Å²) in [6.07, 6.45) is 0. The molecule has 0 saturated carbocycles. The van der Waals surface area contributed by atoms with Crippen LogP contribution in [0, 0.1) is 0 Å². The molecule has 176 valence electrons. The standard InChI is InChI=1S/C33H22ClN3/c34-30-20-18-25(19-21-30)28-12-7-13-29(22-28)33-36-31(26-10-5-2-6-11-26)35-32(37-33)27-16-14-24(15-17-27)23-8-3-1-4-9-23/h1-22H. The predicted molar refractivity (Wildman–Crippen MR) is 152 cm³/mol. The van der Waals surface area contributed by atoms with E-state index in [1.54, 1.807) is 0 Å². The second-order valence-corrected chi connectivity index (χ2v) is 9.14. The molecular formula is C33H22ClN3. The van der Waals surface area contributed by atoms with Crippen LogP contribution < -0.4 is 0 Å². The first-order chi connectivity index (χ1) is 18.2. The lowest BCUT2D eigenvalue weighted by atomic mass is 10.0. The first kappa shape index (κ1) is 22.8. The number of aromatic nitrogens is 3. The molecule has 1 heterocycles. The first-order valence-electron chi connectivity index (χ1n) is 12.1. The first-order valence-corrected chi connectivity index (χ1v) is 12.4. The highest BCUT2D eigenvalue weighted by Crippen LogP contribution is 2.29. The van der Waals surface area contributed by atoms with Crippen molar-refractivity contribution in [3.8, 4) is 56.4 Å². The largest absolute Gasteiger partial charge is 0.208 e. The van der Waals surface area contributed by atoms with Crippen LogP contribution in [0.25, 0.3) is 56.4 Å². The van der Waals surface area contributed by atoms with Crippen LogP contribution in [0.3, 0.4) is 0 Å². The quantitative estimate of drug-likeness (QED) is 0.240. The molecule has 0 saturated heterocycles. The van der Waals surface area contributed by atoms with E-state index in [1.807, 2.05) is 84.9 Å². The van der Waals surface area contributed by atoms with E-state index in [1.165, 1.54) is 5.56 Å². The van der Waals surface area contributed by atoms with Gasteiger partial charge in [-0.3, -0.25) is 0 Å². The van der Waals surface area contributed by atoms with Crippen molar-refractivity contribution in [1.29, 1.82) is 0 Å². The van der Waals surface area contributed by atoms with Crippen molar-refractivity contribution in [1.82, 2.24) is 15.0 Å². The monoisotopic (exact) mass is 495 g/mol. The molecular weight excluding hydrogens is 474 g/mol. The average Bonchev–Trinajstić information content (AvgIpc) is 2.98. The Morgan fingerprint density at radius 3 is 1.32 bits per heavy atom. The van der Waals surface area contributed by atoms with Crippen LogP contribution in [0.15, 0.2) is 133 Å². The van der Waals surface area contributed by atoms with Gasteiger partial charge in [0.1, 0.15) is 0 Å². The molecule has 3 nitrogen and oxygen atoms in total. The molecule has 1 aromatic heterocycles. The number of hydrogen-bond donors (Lipinski definition) is 0. The SMILES string of the molecule is Clc1ccc(-c2cccc(-c3nc(-c4ccccc4)nc(-c4ccc(-c5ccccc5)cc4)n3)c2)cc1. The molecule has 4 heteroatoms.